The van der Waals surface area contributed by atoms with E-state index in [1.807, 2.05) is 25.1 Å². The van der Waals surface area contributed by atoms with Crippen molar-refractivity contribution in [1.29, 1.82) is 0 Å². The molecule has 1 fully saturated rings. The first-order valence-electron chi connectivity index (χ1n) is 9.03. The number of amides is 3. The van der Waals surface area contributed by atoms with Gasteiger partial charge in [-0.25, -0.2) is 0 Å². The highest BCUT2D eigenvalue weighted by Gasteiger charge is 2.53. The Morgan fingerprint density at radius 3 is 2.71 bits per heavy atom. The second-order valence-electron chi connectivity index (χ2n) is 7.31. The third-order valence-corrected chi connectivity index (χ3v) is 7.09. The maximum absolute atomic E-state index is 13.2. The highest BCUT2D eigenvalue weighted by molar-refractivity contribution is 9.11. The van der Waals surface area contributed by atoms with E-state index in [-0.39, 0.29) is 24.3 Å². The second-order valence-corrected chi connectivity index (χ2v) is 9.86. The van der Waals surface area contributed by atoms with E-state index >= 15 is 0 Å². The number of halogens is 1. The van der Waals surface area contributed by atoms with Gasteiger partial charge in [0.15, 0.2) is 0 Å². The molecule has 1 aromatic carbocycles. The number of hydrogen-bond acceptors (Lipinski definition) is 4. The lowest BCUT2D eigenvalue weighted by atomic mass is 9.98. The molecule has 2 aliphatic heterocycles. The largest absolute Gasteiger partial charge is 0.339 e. The van der Waals surface area contributed by atoms with E-state index in [1.54, 1.807) is 51.3 Å². The molecule has 0 saturated carbocycles. The third-order valence-electron chi connectivity index (χ3n) is 5.49. The molecule has 146 valence electrons. The average molecular weight is 462 g/mol. The smallest absolute Gasteiger partial charge is 0.258 e. The summed E-state index contributed by atoms with van der Waals surface area (Å²) >= 11 is 5.01. The first-order valence-corrected chi connectivity index (χ1v) is 10.6. The lowest BCUT2D eigenvalue weighted by Gasteiger charge is -2.48. The number of fused-ring (bicyclic) bond motifs is 3. The molecule has 1 unspecified atom stereocenters. The van der Waals surface area contributed by atoms with E-state index in [2.05, 4.69) is 15.9 Å². The Morgan fingerprint density at radius 1 is 1.25 bits per heavy atom. The van der Waals surface area contributed by atoms with Crippen molar-refractivity contribution in [1.82, 2.24) is 9.80 Å². The molecule has 1 atom stereocenters. The van der Waals surface area contributed by atoms with E-state index < -0.39 is 5.66 Å². The molecule has 0 radical (unpaired) electrons. The van der Waals surface area contributed by atoms with Gasteiger partial charge in [-0.1, -0.05) is 12.1 Å². The molecule has 2 aromatic rings. The van der Waals surface area contributed by atoms with Crippen LogP contribution < -0.4 is 4.90 Å². The summed E-state index contributed by atoms with van der Waals surface area (Å²) in [6.45, 7) is 2.29. The van der Waals surface area contributed by atoms with Crippen LogP contribution in [0.3, 0.4) is 0 Å². The predicted octanol–water partition coefficient (Wildman–Crippen LogP) is 3.47. The predicted molar refractivity (Wildman–Crippen MR) is 111 cm³/mol. The molecule has 1 aromatic heterocycles. The standard InChI is InChI=1S/C20H20BrN3O3S/c1-20-10-9-17(25)24(20)15-6-4-3-5-14(15)19(27)23(20)12-18(26)22(2)11-13-7-8-16(21)28-13/h3-8H,9-12H2,1-2H3. The minimum absolute atomic E-state index is 0.0170. The van der Waals surface area contributed by atoms with Crippen molar-refractivity contribution in [3.8, 4) is 0 Å². The molecule has 6 nitrogen and oxygen atoms in total. The Morgan fingerprint density at radius 2 is 2.00 bits per heavy atom. The van der Waals surface area contributed by atoms with Crippen molar-refractivity contribution in [2.75, 3.05) is 18.5 Å². The van der Waals surface area contributed by atoms with Gasteiger partial charge in [0.1, 0.15) is 12.2 Å². The number of carbonyl (C=O) groups is 3. The minimum Gasteiger partial charge on any atom is -0.339 e. The Hall–Kier alpha value is -2.19. The summed E-state index contributed by atoms with van der Waals surface area (Å²) in [6, 6.07) is 11.0. The molecule has 4 rings (SSSR count). The van der Waals surface area contributed by atoms with E-state index in [4.69, 9.17) is 0 Å². The van der Waals surface area contributed by atoms with Crippen molar-refractivity contribution in [2.45, 2.75) is 32.0 Å². The summed E-state index contributed by atoms with van der Waals surface area (Å²) in [7, 11) is 1.73. The van der Waals surface area contributed by atoms with Crippen LogP contribution >= 0.6 is 27.3 Å². The van der Waals surface area contributed by atoms with Gasteiger partial charge in [0, 0.05) is 18.3 Å². The third kappa shape index (κ3) is 3.04. The Labute approximate surface area is 175 Å². The maximum atomic E-state index is 13.2. The van der Waals surface area contributed by atoms with E-state index in [0.29, 0.717) is 30.6 Å². The summed E-state index contributed by atoms with van der Waals surface area (Å²) in [5.41, 5.74) is 0.288. The van der Waals surface area contributed by atoms with Crippen LogP contribution in [0.2, 0.25) is 0 Å². The molecular formula is C20H20BrN3O3S. The van der Waals surface area contributed by atoms with Crippen LogP contribution in [0.15, 0.2) is 40.2 Å². The van der Waals surface area contributed by atoms with E-state index in [9.17, 15) is 14.4 Å². The Kier molecular flexibility index (Phi) is 4.79. The molecule has 3 amide bonds. The average Bonchev–Trinajstić information content (AvgIpc) is 3.21. The summed E-state index contributed by atoms with van der Waals surface area (Å²) in [5.74, 6) is -0.376. The molecule has 2 aliphatic rings. The van der Waals surface area contributed by atoms with Gasteiger partial charge in [-0.05, 0) is 53.5 Å². The quantitative estimate of drug-likeness (QED) is 0.700. The first kappa shape index (κ1) is 19.1. The number of rotatable bonds is 4. The van der Waals surface area contributed by atoms with Gasteiger partial charge in [-0.15, -0.1) is 11.3 Å². The highest BCUT2D eigenvalue weighted by Crippen LogP contribution is 2.43. The zero-order valence-corrected chi connectivity index (χ0v) is 18.0. The monoisotopic (exact) mass is 461 g/mol. The summed E-state index contributed by atoms with van der Waals surface area (Å²) < 4.78 is 1.01. The fraction of sp³-hybridized carbons (Fsp3) is 0.350. The van der Waals surface area contributed by atoms with Gasteiger partial charge < -0.3 is 9.80 Å². The van der Waals surface area contributed by atoms with Gasteiger partial charge in [0.05, 0.1) is 21.6 Å². The molecule has 0 N–H and O–H groups in total. The molecule has 0 bridgehead atoms. The molecule has 3 heterocycles. The van der Waals surface area contributed by atoms with Gasteiger partial charge in [-0.2, -0.15) is 0 Å². The summed E-state index contributed by atoms with van der Waals surface area (Å²) in [4.78, 5) is 44.6. The minimum atomic E-state index is -0.815. The molecule has 0 spiro atoms. The molecule has 1 saturated heterocycles. The SMILES string of the molecule is CN(Cc1ccc(Br)s1)C(=O)CN1C(=O)c2ccccc2N2C(=O)CCC12C. The van der Waals surface area contributed by atoms with Crippen LogP contribution in [0.5, 0.6) is 0 Å². The van der Waals surface area contributed by atoms with E-state index in [0.717, 1.165) is 8.66 Å². The van der Waals surface area contributed by atoms with Gasteiger partial charge >= 0.3 is 0 Å². The fourth-order valence-corrected chi connectivity index (χ4v) is 5.49. The van der Waals surface area contributed by atoms with Crippen molar-refractivity contribution < 1.29 is 14.4 Å². The zero-order valence-electron chi connectivity index (χ0n) is 15.6. The van der Waals surface area contributed by atoms with Crippen LogP contribution in [0.1, 0.15) is 35.0 Å². The van der Waals surface area contributed by atoms with Gasteiger partial charge in [-0.3, -0.25) is 19.3 Å². The normalized spacial score (nSPS) is 21.0. The Balaban J connectivity index is 1.61. The van der Waals surface area contributed by atoms with E-state index in [1.165, 1.54) is 0 Å². The number of nitrogens with zero attached hydrogens (tertiary/aromatic N) is 3. The maximum Gasteiger partial charge on any atom is 0.258 e. The van der Waals surface area contributed by atoms with Crippen molar-refractivity contribution in [2.24, 2.45) is 0 Å². The first-order chi connectivity index (χ1) is 13.3. The summed E-state index contributed by atoms with van der Waals surface area (Å²) in [5, 5.41) is 0. The lowest BCUT2D eigenvalue weighted by Crippen LogP contribution is -2.63. The molecule has 28 heavy (non-hydrogen) atoms. The number of hydrogen-bond donors (Lipinski definition) is 0. The number of benzene rings is 1. The van der Waals surface area contributed by atoms with Crippen molar-refractivity contribution in [3.63, 3.8) is 0 Å². The van der Waals surface area contributed by atoms with Crippen LogP contribution in [-0.4, -0.2) is 46.8 Å². The number of anilines is 1. The van der Waals surface area contributed by atoms with Crippen molar-refractivity contribution >= 4 is 50.7 Å². The second kappa shape index (κ2) is 7.00. The molecular weight excluding hydrogens is 442 g/mol. The highest BCUT2D eigenvalue weighted by atomic mass is 79.9. The zero-order chi connectivity index (χ0) is 20.1. The topological polar surface area (TPSA) is 60.9 Å². The molecule has 8 heteroatoms. The summed E-state index contributed by atoms with van der Waals surface area (Å²) in [6.07, 6.45) is 0.878. The fourth-order valence-electron chi connectivity index (χ4n) is 3.96. The van der Waals surface area contributed by atoms with Crippen LogP contribution in [0, 0.1) is 0 Å². The number of thiophene rings is 1. The Bertz CT molecular complexity index is 975. The number of likely N-dealkylation sites (N-methyl/N-ethyl adjacent to an activating group) is 1. The van der Waals surface area contributed by atoms with Gasteiger partial charge in [0.2, 0.25) is 11.8 Å². The van der Waals surface area contributed by atoms with Crippen LogP contribution in [0.4, 0.5) is 5.69 Å². The number of para-hydroxylation sites is 1. The molecule has 0 aliphatic carbocycles. The lowest BCUT2D eigenvalue weighted by molar-refractivity contribution is -0.132. The number of carbonyl (C=O) groups excluding carboxylic acids is 3. The van der Waals surface area contributed by atoms with Crippen LogP contribution in [-0.2, 0) is 16.1 Å². The van der Waals surface area contributed by atoms with Gasteiger partial charge in [0.25, 0.3) is 5.91 Å². The van der Waals surface area contributed by atoms with Crippen molar-refractivity contribution in [3.05, 3.63) is 50.6 Å². The van der Waals surface area contributed by atoms with Crippen LogP contribution in [0.25, 0.3) is 0 Å².